The highest BCUT2D eigenvalue weighted by Gasteiger charge is 2.27. The second kappa shape index (κ2) is 5.70. The van der Waals surface area contributed by atoms with Crippen molar-refractivity contribution in [2.75, 3.05) is 26.8 Å². The first-order chi connectivity index (χ1) is 7.22. The van der Waals surface area contributed by atoms with Crippen molar-refractivity contribution < 1.29 is 14.7 Å². The molecule has 0 bridgehead atoms. The topological polar surface area (TPSA) is 62.1 Å². The smallest absolute Gasteiger partial charge is 0.248 e. The molecule has 1 amide bonds. The molecular formula is C10H18N2O3. The van der Waals surface area contributed by atoms with Crippen molar-refractivity contribution in [3.8, 4) is 0 Å². The van der Waals surface area contributed by atoms with Gasteiger partial charge in [-0.1, -0.05) is 12.1 Å². The third-order valence-electron chi connectivity index (χ3n) is 2.79. The van der Waals surface area contributed by atoms with Gasteiger partial charge in [0, 0.05) is 32.5 Å². The van der Waals surface area contributed by atoms with Crippen LogP contribution in [0.5, 0.6) is 0 Å². The normalized spacial score (nSPS) is 24.5. The molecule has 15 heavy (non-hydrogen) atoms. The number of amides is 1. The van der Waals surface area contributed by atoms with Gasteiger partial charge in [0.2, 0.25) is 5.91 Å². The molecule has 1 atom stereocenters. The maximum atomic E-state index is 11.6. The largest absolute Gasteiger partial charge is 0.411 e. The lowest BCUT2D eigenvalue weighted by Gasteiger charge is -2.32. The van der Waals surface area contributed by atoms with Crippen LogP contribution in [0, 0.1) is 5.92 Å². The standard InChI is InChI=1S/C10H18N2O3/c1-3-8-6-12(10(13)7-15-2)5-4-9(8)11-14/h8,14H,3-7H2,1-2H3. The molecule has 1 fully saturated rings. The summed E-state index contributed by atoms with van der Waals surface area (Å²) in [5.41, 5.74) is 0.805. The molecular weight excluding hydrogens is 196 g/mol. The molecule has 0 aromatic heterocycles. The van der Waals surface area contributed by atoms with E-state index < -0.39 is 0 Å². The minimum atomic E-state index is 0.00735. The van der Waals surface area contributed by atoms with Gasteiger partial charge in [-0.2, -0.15) is 0 Å². The van der Waals surface area contributed by atoms with E-state index in [1.807, 2.05) is 6.92 Å². The molecule has 5 heteroatoms. The molecule has 1 unspecified atom stereocenters. The second-order valence-corrected chi connectivity index (χ2v) is 3.72. The highest BCUT2D eigenvalue weighted by Crippen LogP contribution is 2.17. The van der Waals surface area contributed by atoms with E-state index in [0.717, 1.165) is 12.1 Å². The van der Waals surface area contributed by atoms with Crippen LogP contribution in [0.3, 0.4) is 0 Å². The molecule has 1 saturated heterocycles. The first-order valence-corrected chi connectivity index (χ1v) is 5.20. The van der Waals surface area contributed by atoms with Gasteiger partial charge in [-0.3, -0.25) is 4.79 Å². The number of hydrogen-bond donors (Lipinski definition) is 1. The van der Waals surface area contributed by atoms with Crippen LogP contribution in [-0.2, 0) is 9.53 Å². The average Bonchev–Trinajstić information content (AvgIpc) is 2.28. The lowest BCUT2D eigenvalue weighted by Crippen LogP contribution is -2.45. The van der Waals surface area contributed by atoms with Gasteiger partial charge in [-0.15, -0.1) is 0 Å². The van der Waals surface area contributed by atoms with Gasteiger partial charge in [0.25, 0.3) is 0 Å². The summed E-state index contributed by atoms with van der Waals surface area (Å²) >= 11 is 0. The zero-order chi connectivity index (χ0) is 11.3. The average molecular weight is 214 g/mol. The summed E-state index contributed by atoms with van der Waals surface area (Å²) in [6, 6.07) is 0. The van der Waals surface area contributed by atoms with E-state index in [1.54, 1.807) is 4.90 Å². The molecule has 1 rings (SSSR count). The lowest BCUT2D eigenvalue weighted by atomic mass is 9.93. The molecule has 1 aliphatic heterocycles. The van der Waals surface area contributed by atoms with E-state index in [4.69, 9.17) is 9.94 Å². The molecule has 86 valence electrons. The number of piperidine rings is 1. The van der Waals surface area contributed by atoms with Crippen molar-refractivity contribution in [3.63, 3.8) is 0 Å². The summed E-state index contributed by atoms with van der Waals surface area (Å²) < 4.78 is 4.81. The van der Waals surface area contributed by atoms with Crippen LogP contribution in [0.2, 0.25) is 0 Å². The number of oxime groups is 1. The van der Waals surface area contributed by atoms with Gasteiger partial charge in [-0.05, 0) is 6.42 Å². The molecule has 1 heterocycles. The Morgan fingerprint density at radius 3 is 3.00 bits per heavy atom. The maximum Gasteiger partial charge on any atom is 0.248 e. The van der Waals surface area contributed by atoms with Crippen molar-refractivity contribution in [1.29, 1.82) is 0 Å². The number of nitrogens with zero attached hydrogens (tertiary/aromatic N) is 2. The Bertz CT molecular complexity index is 253. The van der Waals surface area contributed by atoms with E-state index in [0.29, 0.717) is 19.5 Å². The van der Waals surface area contributed by atoms with Crippen LogP contribution >= 0.6 is 0 Å². The van der Waals surface area contributed by atoms with Crippen LogP contribution in [0.15, 0.2) is 5.16 Å². The number of hydrogen-bond acceptors (Lipinski definition) is 4. The van der Waals surface area contributed by atoms with Gasteiger partial charge in [0.1, 0.15) is 6.61 Å². The predicted molar refractivity (Wildman–Crippen MR) is 56.1 cm³/mol. The number of ether oxygens (including phenoxy) is 1. The third-order valence-corrected chi connectivity index (χ3v) is 2.79. The second-order valence-electron chi connectivity index (χ2n) is 3.72. The fraction of sp³-hybridized carbons (Fsp3) is 0.800. The zero-order valence-corrected chi connectivity index (χ0v) is 9.27. The van der Waals surface area contributed by atoms with Crippen molar-refractivity contribution in [2.45, 2.75) is 19.8 Å². The SMILES string of the molecule is CCC1CN(C(=O)COC)CCC1=NO. The predicted octanol–water partition coefficient (Wildman–Crippen LogP) is 0.722. The van der Waals surface area contributed by atoms with Crippen molar-refractivity contribution in [3.05, 3.63) is 0 Å². The van der Waals surface area contributed by atoms with Gasteiger partial charge in [0.15, 0.2) is 0 Å². The lowest BCUT2D eigenvalue weighted by molar-refractivity contribution is -0.135. The molecule has 1 aliphatic rings. The molecule has 0 aliphatic carbocycles. The highest BCUT2D eigenvalue weighted by molar-refractivity contribution is 5.89. The van der Waals surface area contributed by atoms with Crippen LogP contribution in [0.4, 0.5) is 0 Å². The molecule has 0 aromatic rings. The Morgan fingerprint density at radius 1 is 1.73 bits per heavy atom. The van der Waals surface area contributed by atoms with Crippen LogP contribution in [-0.4, -0.2) is 48.5 Å². The Balaban J connectivity index is 2.56. The van der Waals surface area contributed by atoms with E-state index >= 15 is 0 Å². The first-order valence-electron chi connectivity index (χ1n) is 5.20. The van der Waals surface area contributed by atoms with Gasteiger partial charge in [-0.25, -0.2) is 0 Å². The maximum absolute atomic E-state index is 11.6. The van der Waals surface area contributed by atoms with Gasteiger partial charge >= 0.3 is 0 Å². The van der Waals surface area contributed by atoms with Crippen molar-refractivity contribution >= 4 is 11.6 Å². The summed E-state index contributed by atoms with van der Waals surface area (Å²) in [4.78, 5) is 13.3. The summed E-state index contributed by atoms with van der Waals surface area (Å²) in [5, 5.41) is 12.1. The van der Waals surface area contributed by atoms with Gasteiger partial charge in [0.05, 0.1) is 5.71 Å². The van der Waals surface area contributed by atoms with E-state index in [9.17, 15) is 4.79 Å². The van der Waals surface area contributed by atoms with Crippen LogP contribution < -0.4 is 0 Å². The van der Waals surface area contributed by atoms with E-state index in [-0.39, 0.29) is 18.4 Å². The Morgan fingerprint density at radius 2 is 2.47 bits per heavy atom. The van der Waals surface area contributed by atoms with E-state index in [1.165, 1.54) is 7.11 Å². The first kappa shape index (κ1) is 12.0. The van der Waals surface area contributed by atoms with E-state index in [2.05, 4.69) is 5.16 Å². The minimum Gasteiger partial charge on any atom is -0.411 e. The summed E-state index contributed by atoms with van der Waals surface area (Å²) in [5.74, 6) is 0.192. The van der Waals surface area contributed by atoms with Crippen molar-refractivity contribution in [2.24, 2.45) is 11.1 Å². The van der Waals surface area contributed by atoms with Crippen LogP contribution in [0.25, 0.3) is 0 Å². The number of methoxy groups -OCH3 is 1. The Hall–Kier alpha value is -1.10. The minimum absolute atomic E-state index is 0.00735. The monoisotopic (exact) mass is 214 g/mol. The molecule has 1 N–H and O–H groups in total. The Labute approximate surface area is 89.7 Å². The van der Waals surface area contributed by atoms with Crippen LogP contribution in [0.1, 0.15) is 19.8 Å². The highest BCUT2D eigenvalue weighted by atomic mass is 16.5. The zero-order valence-electron chi connectivity index (χ0n) is 9.27. The number of rotatable bonds is 3. The number of carbonyl (C=O) groups excluding carboxylic acids is 1. The summed E-state index contributed by atoms with van der Waals surface area (Å²) in [6.45, 7) is 3.42. The van der Waals surface area contributed by atoms with Gasteiger partial charge < -0.3 is 14.8 Å². The fourth-order valence-electron chi connectivity index (χ4n) is 1.85. The third kappa shape index (κ3) is 2.92. The summed E-state index contributed by atoms with van der Waals surface area (Å²) in [6.07, 6.45) is 1.54. The molecule has 5 nitrogen and oxygen atoms in total. The molecule has 0 aromatic carbocycles. The number of carbonyl (C=O) groups is 1. The fourth-order valence-corrected chi connectivity index (χ4v) is 1.85. The summed E-state index contributed by atoms with van der Waals surface area (Å²) in [7, 11) is 1.51. The molecule has 0 spiro atoms. The Kier molecular flexibility index (Phi) is 4.55. The number of likely N-dealkylation sites (tertiary alicyclic amines) is 1. The molecule has 0 saturated carbocycles. The van der Waals surface area contributed by atoms with Crippen molar-refractivity contribution in [1.82, 2.24) is 4.90 Å². The molecule has 0 radical (unpaired) electrons. The quantitative estimate of drug-likeness (QED) is 0.556.